The van der Waals surface area contributed by atoms with E-state index < -0.39 is 0 Å². The Morgan fingerprint density at radius 2 is 2.00 bits per heavy atom. The quantitative estimate of drug-likeness (QED) is 0.897. The smallest absolute Gasteiger partial charge is 0.252 e. The molecule has 0 aliphatic heterocycles. The molecular weight excluding hydrogens is 256 g/mol. The number of nitrogens with one attached hydrogen (secondary N) is 2. The van der Waals surface area contributed by atoms with Crippen LogP contribution in [-0.4, -0.2) is 15.1 Å². The standard InChI is InChI=1S/C14H20N4O2/c1-7(2)14-16-11(6-12(19)17-14)15-8(3)13-9(4)18-20-10(13)5/h6-8H,1-5H3,(H2,15,16,17,19). The van der Waals surface area contributed by atoms with Crippen molar-refractivity contribution in [3.05, 3.63) is 39.3 Å². The van der Waals surface area contributed by atoms with Gasteiger partial charge in [-0.15, -0.1) is 0 Å². The van der Waals surface area contributed by atoms with Crippen molar-refractivity contribution in [1.82, 2.24) is 15.1 Å². The zero-order valence-electron chi connectivity index (χ0n) is 12.4. The predicted molar refractivity (Wildman–Crippen MR) is 77.0 cm³/mol. The van der Waals surface area contributed by atoms with E-state index in [0.717, 1.165) is 17.0 Å². The highest BCUT2D eigenvalue weighted by Gasteiger charge is 2.17. The summed E-state index contributed by atoms with van der Waals surface area (Å²) in [5.74, 6) is 2.17. The molecule has 0 saturated heterocycles. The average molecular weight is 276 g/mol. The Labute approximate surface area is 117 Å². The van der Waals surface area contributed by atoms with Crippen LogP contribution in [0.3, 0.4) is 0 Å². The molecule has 6 nitrogen and oxygen atoms in total. The third-order valence-corrected chi connectivity index (χ3v) is 3.19. The van der Waals surface area contributed by atoms with Crippen LogP contribution in [-0.2, 0) is 0 Å². The fourth-order valence-electron chi connectivity index (χ4n) is 2.23. The minimum Gasteiger partial charge on any atom is -0.363 e. The van der Waals surface area contributed by atoms with Gasteiger partial charge >= 0.3 is 0 Å². The lowest BCUT2D eigenvalue weighted by atomic mass is 10.1. The maximum Gasteiger partial charge on any atom is 0.252 e. The van der Waals surface area contributed by atoms with E-state index in [1.165, 1.54) is 6.07 Å². The number of rotatable bonds is 4. The van der Waals surface area contributed by atoms with Crippen molar-refractivity contribution >= 4 is 5.82 Å². The normalized spacial score (nSPS) is 12.7. The molecule has 0 amide bonds. The molecule has 2 rings (SSSR count). The lowest BCUT2D eigenvalue weighted by Crippen LogP contribution is -2.16. The summed E-state index contributed by atoms with van der Waals surface area (Å²) in [5, 5.41) is 7.17. The van der Waals surface area contributed by atoms with Gasteiger partial charge in [0.2, 0.25) is 0 Å². The van der Waals surface area contributed by atoms with Crippen LogP contribution in [0.5, 0.6) is 0 Å². The lowest BCUT2D eigenvalue weighted by Gasteiger charge is -2.15. The second-order valence-corrected chi connectivity index (χ2v) is 5.27. The molecule has 0 aromatic carbocycles. The second-order valence-electron chi connectivity index (χ2n) is 5.27. The first kappa shape index (κ1) is 14.3. The summed E-state index contributed by atoms with van der Waals surface area (Å²) in [7, 11) is 0. The minimum absolute atomic E-state index is 0.0319. The number of H-pyrrole nitrogens is 1. The van der Waals surface area contributed by atoms with Crippen LogP contribution in [0.1, 0.15) is 55.6 Å². The molecule has 0 radical (unpaired) electrons. The van der Waals surface area contributed by atoms with Gasteiger partial charge < -0.3 is 14.8 Å². The van der Waals surface area contributed by atoms with E-state index in [1.54, 1.807) is 0 Å². The third kappa shape index (κ3) is 2.89. The van der Waals surface area contributed by atoms with Crippen molar-refractivity contribution in [2.24, 2.45) is 0 Å². The average Bonchev–Trinajstić information content (AvgIpc) is 2.68. The molecular formula is C14H20N4O2. The van der Waals surface area contributed by atoms with Crippen molar-refractivity contribution in [1.29, 1.82) is 0 Å². The van der Waals surface area contributed by atoms with Crippen LogP contribution < -0.4 is 10.9 Å². The topological polar surface area (TPSA) is 83.8 Å². The maximum atomic E-state index is 11.7. The summed E-state index contributed by atoms with van der Waals surface area (Å²) >= 11 is 0. The molecule has 108 valence electrons. The first-order chi connectivity index (χ1) is 9.38. The van der Waals surface area contributed by atoms with Gasteiger partial charge in [-0.2, -0.15) is 0 Å². The van der Waals surface area contributed by atoms with Crippen molar-refractivity contribution in [2.45, 2.75) is 46.6 Å². The van der Waals surface area contributed by atoms with Gasteiger partial charge in [-0.1, -0.05) is 19.0 Å². The number of hydrogen-bond acceptors (Lipinski definition) is 5. The summed E-state index contributed by atoms with van der Waals surface area (Å²) in [6, 6.07) is 1.43. The number of anilines is 1. The van der Waals surface area contributed by atoms with Crippen molar-refractivity contribution in [2.75, 3.05) is 5.32 Å². The van der Waals surface area contributed by atoms with Gasteiger partial charge in [0, 0.05) is 17.5 Å². The number of aryl methyl sites for hydroxylation is 2. The number of aromatic amines is 1. The summed E-state index contributed by atoms with van der Waals surface area (Å²) in [4.78, 5) is 18.8. The Morgan fingerprint density at radius 1 is 1.30 bits per heavy atom. The Hall–Kier alpha value is -2.11. The molecule has 1 atom stereocenters. The molecule has 20 heavy (non-hydrogen) atoms. The van der Waals surface area contributed by atoms with Gasteiger partial charge in [-0.25, -0.2) is 4.98 Å². The van der Waals surface area contributed by atoms with E-state index >= 15 is 0 Å². The fraction of sp³-hybridized carbons (Fsp3) is 0.500. The van der Waals surface area contributed by atoms with E-state index in [9.17, 15) is 4.79 Å². The predicted octanol–water partition coefficient (Wildman–Crippen LogP) is 2.67. The van der Waals surface area contributed by atoms with Gasteiger partial charge in [0.05, 0.1) is 11.7 Å². The zero-order chi connectivity index (χ0) is 14.9. The highest BCUT2D eigenvalue weighted by atomic mass is 16.5. The third-order valence-electron chi connectivity index (χ3n) is 3.19. The molecule has 0 aliphatic rings. The van der Waals surface area contributed by atoms with E-state index in [-0.39, 0.29) is 17.5 Å². The van der Waals surface area contributed by atoms with Crippen molar-refractivity contribution in [3.63, 3.8) is 0 Å². The lowest BCUT2D eigenvalue weighted by molar-refractivity contribution is 0.392. The monoisotopic (exact) mass is 276 g/mol. The van der Waals surface area contributed by atoms with Gasteiger partial charge in [0.25, 0.3) is 5.56 Å². The van der Waals surface area contributed by atoms with Gasteiger partial charge in [-0.3, -0.25) is 4.79 Å². The van der Waals surface area contributed by atoms with Crippen LogP contribution in [0.4, 0.5) is 5.82 Å². The Kier molecular flexibility index (Phi) is 3.92. The summed E-state index contributed by atoms with van der Waals surface area (Å²) < 4.78 is 5.16. The van der Waals surface area contributed by atoms with Crippen LogP contribution in [0.25, 0.3) is 0 Å². The number of nitrogens with zero attached hydrogens (tertiary/aromatic N) is 2. The number of hydrogen-bond donors (Lipinski definition) is 2. The fourth-order valence-corrected chi connectivity index (χ4v) is 2.23. The van der Waals surface area contributed by atoms with Crippen LogP contribution >= 0.6 is 0 Å². The minimum atomic E-state index is -0.155. The summed E-state index contributed by atoms with van der Waals surface area (Å²) in [6.07, 6.45) is 0. The van der Waals surface area contributed by atoms with Crippen molar-refractivity contribution < 1.29 is 4.52 Å². The van der Waals surface area contributed by atoms with E-state index in [1.807, 2.05) is 34.6 Å². The Bertz CT molecular complexity index is 638. The molecule has 0 fully saturated rings. The van der Waals surface area contributed by atoms with E-state index in [0.29, 0.717) is 11.6 Å². The SMILES string of the molecule is Cc1noc(C)c1C(C)Nc1cc(=O)[nH]c(C(C)C)n1. The van der Waals surface area contributed by atoms with Crippen LogP contribution in [0, 0.1) is 13.8 Å². The molecule has 1 unspecified atom stereocenters. The highest BCUT2D eigenvalue weighted by molar-refractivity contribution is 5.39. The molecule has 6 heteroatoms. The molecule has 2 aromatic rings. The Balaban J connectivity index is 2.28. The van der Waals surface area contributed by atoms with Gasteiger partial charge in [0.1, 0.15) is 17.4 Å². The molecule has 2 aromatic heterocycles. The van der Waals surface area contributed by atoms with Crippen LogP contribution in [0.15, 0.2) is 15.4 Å². The second kappa shape index (κ2) is 5.48. The van der Waals surface area contributed by atoms with Gasteiger partial charge in [0.15, 0.2) is 0 Å². The highest BCUT2D eigenvalue weighted by Crippen LogP contribution is 2.24. The first-order valence-corrected chi connectivity index (χ1v) is 6.69. The molecule has 2 N–H and O–H groups in total. The van der Waals surface area contributed by atoms with Crippen LogP contribution in [0.2, 0.25) is 0 Å². The molecule has 0 bridgehead atoms. The summed E-state index contributed by atoms with van der Waals surface area (Å²) in [6.45, 7) is 9.73. The molecule has 0 spiro atoms. The van der Waals surface area contributed by atoms with E-state index in [4.69, 9.17) is 4.52 Å². The molecule has 0 aliphatic carbocycles. The first-order valence-electron chi connectivity index (χ1n) is 6.69. The van der Waals surface area contributed by atoms with Crippen molar-refractivity contribution in [3.8, 4) is 0 Å². The largest absolute Gasteiger partial charge is 0.363 e. The zero-order valence-corrected chi connectivity index (χ0v) is 12.4. The summed E-state index contributed by atoms with van der Waals surface area (Å²) in [5.41, 5.74) is 1.69. The Morgan fingerprint density at radius 3 is 2.55 bits per heavy atom. The molecule has 2 heterocycles. The maximum absolute atomic E-state index is 11.7. The van der Waals surface area contributed by atoms with Gasteiger partial charge in [-0.05, 0) is 20.8 Å². The molecule has 0 saturated carbocycles. The van der Waals surface area contributed by atoms with E-state index in [2.05, 4.69) is 20.4 Å². The number of aromatic nitrogens is 3.